The van der Waals surface area contributed by atoms with Crippen LogP contribution in [0.5, 0.6) is 0 Å². The molecular formula is C28H22ClN5O3S. The predicted octanol–water partition coefficient (Wildman–Crippen LogP) is 5.75. The molecule has 10 heteroatoms. The molecule has 0 spiro atoms. The van der Waals surface area contributed by atoms with E-state index in [1.54, 1.807) is 17.5 Å². The summed E-state index contributed by atoms with van der Waals surface area (Å²) in [6.45, 7) is 0. The molecule has 8 nitrogen and oxygen atoms in total. The highest BCUT2D eigenvalue weighted by Crippen LogP contribution is 2.34. The van der Waals surface area contributed by atoms with E-state index in [1.165, 1.54) is 16.3 Å². The Balaban J connectivity index is 1.18. The van der Waals surface area contributed by atoms with Crippen LogP contribution in [-0.2, 0) is 9.53 Å². The topological polar surface area (TPSA) is 95.9 Å². The number of anilines is 1. The number of aromatic nitrogens is 1. The van der Waals surface area contributed by atoms with E-state index in [0.29, 0.717) is 22.3 Å². The zero-order chi connectivity index (χ0) is 26.1. The maximum atomic E-state index is 13.3. The molecule has 2 N–H and O–H groups in total. The highest BCUT2D eigenvalue weighted by molar-refractivity contribution is 7.13. The molecule has 3 aromatic rings. The number of thiazole rings is 1. The van der Waals surface area contributed by atoms with Gasteiger partial charge < -0.3 is 4.74 Å². The van der Waals surface area contributed by atoms with Gasteiger partial charge in [0.1, 0.15) is 12.0 Å². The van der Waals surface area contributed by atoms with Gasteiger partial charge in [-0.3, -0.25) is 10.2 Å². The van der Waals surface area contributed by atoms with E-state index in [0.717, 1.165) is 22.4 Å². The number of esters is 1. The fourth-order valence-corrected chi connectivity index (χ4v) is 5.38. The minimum atomic E-state index is -0.606. The number of ether oxygens (including phenoxy) is 1. The molecule has 3 heterocycles. The molecular weight excluding hydrogens is 522 g/mol. The van der Waals surface area contributed by atoms with Crippen LogP contribution >= 0.6 is 22.9 Å². The number of amides is 2. The third-order valence-corrected chi connectivity index (χ3v) is 7.50. The average molecular weight is 544 g/mol. The fraction of sp³-hybridized carbons (Fsp3) is 0.143. The Hall–Kier alpha value is -4.21. The van der Waals surface area contributed by atoms with Crippen LogP contribution in [0.3, 0.4) is 0 Å². The summed E-state index contributed by atoms with van der Waals surface area (Å²) in [6, 6.07) is 16.4. The van der Waals surface area contributed by atoms with Crippen molar-refractivity contribution < 1.29 is 14.3 Å². The van der Waals surface area contributed by atoms with Gasteiger partial charge in [-0.2, -0.15) is 5.10 Å². The summed E-state index contributed by atoms with van der Waals surface area (Å²) in [5.41, 5.74) is 9.72. The van der Waals surface area contributed by atoms with Gasteiger partial charge in [0.25, 0.3) is 0 Å². The first-order valence-corrected chi connectivity index (χ1v) is 13.3. The second kappa shape index (κ2) is 10.3. The number of nitrogens with one attached hydrogen (secondary N) is 2. The number of hydrazone groups is 1. The molecule has 6 rings (SSSR count). The Morgan fingerprint density at radius 3 is 2.74 bits per heavy atom. The molecule has 0 fully saturated rings. The van der Waals surface area contributed by atoms with Gasteiger partial charge in [-0.1, -0.05) is 78.4 Å². The number of hydrogen-bond donors (Lipinski definition) is 2. The molecule has 3 aliphatic rings. The van der Waals surface area contributed by atoms with Crippen molar-refractivity contribution in [2.75, 3.05) is 5.43 Å². The van der Waals surface area contributed by atoms with E-state index < -0.39 is 11.9 Å². The van der Waals surface area contributed by atoms with Crippen molar-refractivity contribution in [1.82, 2.24) is 15.4 Å². The maximum absolute atomic E-state index is 13.3. The van der Waals surface area contributed by atoms with Crippen molar-refractivity contribution in [3.8, 4) is 0 Å². The molecule has 0 bridgehead atoms. The van der Waals surface area contributed by atoms with Gasteiger partial charge in [0, 0.05) is 16.8 Å². The van der Waals surface area contributed by atoms with Crippen LogP contribution in [0, 0.1) is 0 Å². The molecule has 1 aromatic heterocycles. The Kier molecular flexibility index (Phi) is 6.53. The number of benzene rings is 2. The van der Waals surface area contributed by atoms with Crippen molar-refractivity contribution in [2.24, 2.45) is 5.10 Å². The van der Waals surface area contributed by atoms with Crippen molar-refractivity contribution in [1.29, 1.82) is 0 Å². The summed E-state index contributed by atoms with van der Waals surface area (Å²) in [6.07, 6.45) is 9.60. The van der Waals surface area contributed by atoms with Crippen LogP contribution in [-0.4, -0.2) is 33.8 Å². The second-order valence-electron chi connectivity index (χ2n) is 8.91. The lowest BCUT2D eigenvalue weighted by Gasteiger charge is -2.25. The summed E-state index contributed by atoms with van der Waals surface area (Å²) in [5, 5.41) is 8.91. The van der Waals surface area contributed by atoms with Gasteiger partial charge >= 0.3 is 12.0 Å². The quantitative estimate of drug-likeness (QED) is 0.316. The van der Waals surface area contributed by atoms with Gasteiger partial charge in [0.2, 0.25) is 5.13 Å². The van der Waals surface area contributed by atoms with E-state index in [4.69, 9.17) is 16.3 Å². The van der Waals surface area contributed by atoms with E-state index >= 15 is 0 Å². The zero-order valence-electron chi connectivity index (χ0n) is 20.0. The number of urea groups is 1. The fourth-order valence-electron chi connectivity index (χ4n) is 4.56. The smallest absolute Gasteiger partial charge is 0.357 e. The summed E-state index contributed by atoms with van der Waals surface area (Å²) < 4.78 is 5.54. The van der Waals surface area contributed by atoms with Gasteiger partial charge in [-0.25, -0.2) is 20.2 Å². The van der Waals surface area contributed by atoms with Crippen LogP contribution in [0.25, 0.3) is 0 Å². The van der Waals surface area contributed by atoms with Crippen LogP contribution in [0.15, 0.2) is 101 Å². The minimum Gasteiger partial charge on any atom is -0.452 e. The van der Waals surface area contributed by atoms with Crippen LogP contribution in [0.4, 0.5) is 9.93 Å². The van der Waals surface area contributed by atoms with Crippen molar-refractivity contribution >= 4 is 45.8 Å². The van der Waals surface area contributed by atoms with Gasteiger partial charge in [0.05, 0.1) is 17.4 Å². The number of nitrogens with zero attached hydrogens (tertiary/aromatic N) is 3. The third-order valence-electron chi connectivity index (χ3n) is 6.47. The highest BCUT2D eigenvalue weighted by atomic mass is 35.5. The maximum Gasteiger partial charge on any atom is 0.357 e. The van der Waals surface area contributed by atoms with Gasteiger partial charge in [-0.15, -0.1) is 11.3 Å². The molecule has 0 saturated heterocycles. The Morgan fingerprint density at radius 1 is 1.11 bits per heavy atom. The monoisotopic (exact) mass is 543 g/mol. The Morgan fingerprint density at radius 2 is 1.92 bits per heavy atom. The largest absolute Gasteiger partial charge is 0.452 e. The number of fused-ring (bicyclic) bond motifs is 1. The van der Waals surface area contributed by atoms with E-state index in [9.17, 15) is 9.59 Å². The molecule has 0 saturated carbocycles. The van der Waals surface area contributed by atoms with E-state index in [1.807, 2.05) is 72.8 Å². The average Bonchev–Trinajstić information content (AvgIpc) is 3.60. The number of allylic oxidation sites excluding steroid dienone is 2. The molecule has 2 amide bonds. The molecule has 0 radical (unpaired) electrons. The number of carbonyl (C=O) groups excluding carboxylic acids is 2. The number of hydrogen-bond acceptors (Lipinski definition) is 7. The van der Waals surface area contributed by atoms with Crippen molar-refractivity contribution in [3.05, 3.63) is 118 Å². The normalized spacial score (nSPS) is 21.9. The molecule has 38 heavy (non-hydrogen) atoms. The first-order chi connectivity index (χ1) is 18.5. The molecule has 3 atom stereocenters. The Bertz CT molecular complexity index is 1500. The number of rotatable bonds is 5. The van der Waals surface area contributed by atoms with Crippen molar-refractivity contribution in [2.45, 2.75) is 24.5 Å². The predicted molar refractivity (Wildman–Crippen MR) is 147 cm³/mol. The molecule has 1 aliphatic carbocycles. The molecule has 2 aromatic carbocycles. The SMILES string of the molecule is O=C1OC2C=CC=CC2=CC1c1csc(NNC(=O)N2N=C(c3ccccc3)CC2c2ccc(Cl)cc2)n1. The molecule has 3 unspecified atom stereocenters. The number of hydrazine groups is 1. The first kappa shape index (κ1) is 24.1. The first-order valence-electron chi connectivity index (χ1n) is 12.0. The van der Waals surface area contributed by atoms with Crippen molar-refractivity contribution in [3.63, 3.8) is 0 Å². The van der Waals surface area contributed by atoms with E-state index in [-0.39, 0.29) is 18.1 Å². The highest BCUT2D eigenvalue weighted by Gasteiger charge is 2.34. The number of halogens is 1. The van der Waals surface area contributed by atoms with Crippen LogP contribution < -0.4 is 10.9 Å². The van der Waals surface area contributed by atoms with E-state index in [2.05, 4.69) is 20.9 Å². The summed E-state index contributed by atoms with van der Waals surface area (Å²) in [4.78, 5) is 30.3. The molecule has 190 valence electrons. The lowest BCUT2D eigenvalue weighted by atomic mass is 9.94. The second-order valence-corrected chi connectivity index (χ2v) is 10.2. The van der Waals surface area contributed by atoms with Gasteiger partial charge in [0.15, 0.2) is 0 Å². The summed E-state index contributed by atoms with van der Waals surface area (Å²) in [7, 11) is 0. The van der Waals surface area contributed by atoms with Gasteiger partial charge in [-0.05, 0) is 34.9 Å². The minimum absolute atomic E-state index is 0.301. The molecule has 2 aliphatic heterocycles. The number of carbonyl (C=O) groups is 2. The summed E-state index contributed by atoms with van der Waals surface area (Å²) in [5.74, 6) is -0.962. The summed E-state index contributed by atoms with van der Waals surface area (Å²) >= 11 is 7.36. The van der Waals surface area contributed by atoms with Crippen LogP contribution in [0.1, 0.15) is 35.2 Å². The Labute approximate surface area is 227 Å². The lowest BCUT2D eigenvalue weighted by Crippen LogP contribution is -2.40. The van der Waals surface area contributed by atoms with Crippen LogP contribution in [0.2, 0.25) is 5.02 Å². The lowest BCUT2D eigenvalue weighted by molar-refractivity contribution is -0.147. The standard InChI is InChI=1S/C28H22ClN5O3S/c29-20-12-10-18(11-13-20)24-15-22(17-6-2-1-3-7-17)33-34(24)28(36)32-31-27-30-23(16-38-27)21-14-19-8-4-5-9-25(19)37-26(21)35/h1-14,16,21,24-25H,15H2,(H,30,31)(H,32,36). The zero-order valence-corrected chi connectivity index (χ0v) is 21.5. The third kappa shape index (κ3) is 4.85.